The second-order valence-electron chi connectivity index (χ2n) is 4.84. The minimum atomic E-state index is -0.255. The van der Waals surface area contributed by atoms with E-state index in [-0.39, 0.29) is 5.91 Å². The van der Waals surface area contributed by atoms with Crippen LogP contribution in [0.5, 0.6) is 5.75 Å². The molecule has 22 heavy (non-hydrogen) atoms. The quantitative estimate of drug-likeness (QED) is 0.803. The number of rotatable bonds is 4. The van der Waals surface area contributed by atoms with Gasteiger partial charge >= 0.3 is 0 Å². The molecule has 0 fully saturated rings. The van der Waals surface area contributed by atoms with Gasteiger partial charge in [0, 0.05) is 18.8 Å². The summed E-state index contributed by atoms with van der Waals surface area (Å²) in [7, 11) is 1.79. The molecule has 2 aromatic heterocycles. The molecule has 0 spiro atoms. The van der Waals surface area contributed by atoms with E-state index in [1.807, 2.05) is 32.0 Å². The zero-order chi connectivity index (χ0) is 15.7. The third-order valence-electron chi connectivity index (χ3n) is 3.13. The molecule has 0 bridgehead atoms. The Morgan fingerprint density at radius 1 is 1.45 bits per heavy atom. The molecule has 0 radical (unpaired) electrons. The number of aryl methyl sites for hydroxylation is 2. The third-order valence-corrected chi connectivity index (χ3v) is 4.07. The molecule has 0 saturated heterocycles. The molecule has 2 heterocycles. The van der Waals surface area contributed by atoms with E-state index in [4.69, 9.17) is 4.74 Å². The van der Waals surface area contributed by atoms with E-state index in [1.165, 1.54) is 11.3 Å². The standard InChI is InChI=1S/C15H16N4O2S/c1-4-21-10-6-5-7-11-13(10)16-15(22-11)17-14(20)12-9(2)8-19(3)18-12/h5-8H,4H2,1-3H3,(H,16,17,20). The number of hydrogen-bond donors (Lipinski definition) is 1. The van der Waals surface area contributed by atoms with Crippen molar-refractivity contribution in [3.63, 3.8) is 0 Å². The minimum absolute atomic E-state index is 0.255. The van der Waals surface area contributed by atoms with Gasteiger partial charge in [0.2, 0.25) is 0 Å². The fourth-order valence-electron chi connectivity index (χ4n) is 2.24. The van der Waals surface area contributed by atoms with Crippen LogP contribution < -0.4 is 10.1 Å². The molecular formula is C15H16N4O2S. The number of nitrogens with zero attached hydrogens (tertiary/aromatic N) is 3. The van der Waals surface area contributed by atoms with Crippen molar-refractivity contribution >= 4 is 32.6 Å². The highest BCUT2D eigenvalue weighted by atomic mass is 32.1. The molecule has 3 rings (SSSR count). The maximum Gasteiger partial charge on any atom is 0.278 e. The van der Waals surface area contributed by atoms with Crippen LogP contribution in [-0.2, 0) is 7.05 Å². The summed E-state index contributed by atoms with van der Waals surface area (Å²) >= 11 is 1.42. The van der Waals surface area contributed by atoms with Crippen LogP contribution in [0, 0.1) is 6.92 Å². The Morgan fingerprint density at radius 2 is 2.27 bits per heavy atom. The van der Waals surface area contributed by atoms with Gasteiger partial charge in [-0.05, 0) is 26.0 Å². The van der Waals surface area contributed by atoms with Gasteiger partial charge in [-0.3, -0.25) is 14.8 Å². The lowest BCUT2D eigenvalue weighted by atomic mass is 10.3. The van der Waals surface area contributed by atoms with Gasteiger partial charge in [-0.15, -0.1) is 0 Å². The van der Waals surface area contributed by atoms with E-state index >= 15 is 0 Å². The molecular weight excluding hydrogens is 300 g/mol. The number of carbonyl (C=O) groups excluding carboxylic acids is 1. The number of fused-ring (bicyclic) bond motifs is 1. The number of aromatic nitrogens is 3. The van der Waals surface area contributed by atoms with E-state index < -0.39 is 0 Å². The summed E-state index contributed by atoms with van der Waals surface area (Å²) < 4.78 is 8.15. The van der Waals surface area contributed by atoms with Gasteiger partial charge in [0.1, 0.15) is 11.3 Å². The van der Waals surface area contributed by atoms with Crippen LogP contribution in [0.4, 0.5) is 5.13 Å². The topological polar surface area (TPSA) is 69.0 Å². The number of hydrogen-bond acceptors (Lipinski definition) is 5. The highest BCUT2D eigenvalue weighted by Crippen LogP contribution is 2.32. The van der Waals surface area contributed by atoms with Crippen molar-refractivity contribution < 1.29 is 9.53 Å². The Labute approximate surface area is 131 Å². The zero-order valence-electron chi connectivity index (χ0n) is 12.6. The number of thiazole rings is 1. The molecule has 0 aliphatic rings. The molecule has 0 aliphatic carbocycles. The Bertz CT molecular complexity index is 837. The van der Waals surface area contributed by atoms with E-state index in [2.05, 4.69) is 15.4 Å². The maximum absolute atomic E-state index is 12.3. The van der Waals surface area contributed by atoms with Crippen LogP contribution in [-0.4, -0.2) is 27.3 Å². The largest absolute Gasteiger partial charge is 0.492 e. The fourth-order valence-corrected chi connectivity index (χ4v) is 3.11. The Morgan fingerprint density at radius 3 is 2.95 bits per heavy atom. The summed E-state index contributed by atoms with van der Waals surface area (Å²) in [4.78, 5) is 16.7. The lowest BCUT2D eigenvalue weighted by Crippen LogP contribution is -2.13. The molecule has 7 heteroatoms. The number of nitrogens with one attached hydrogen (secondary N) is 1. The Balaban J connectivity index is 1.89. The first-order chi connectivity index (χ1) is 10.6. The number of amides is 1. The minimum Gasteiger partial charge on any atom is -0.492 e. The summed E-state index contributed by atoms with van der Waals surface area (Å²) in [5.74, 6) is 0.473. The van der Waals surface area contributed by atoms with Gasteiger partial charge in [-0.25, -0.2) is 4.98 Å². The number of benzene rings is 1. The van der Waals surface area contributed by atoms with E-state index in [0.717, 1.165) is 21.5 Å². The van der Waals surface area contributed by atoms with Gasteiger partial charge in [0.25, 0.3) is 5.91 Å². The summed E-state index contributed by atoms with van der Waals surface area (Å²) in [5.41, 5.74) is 2.00. The average molecular weight is 316 g/mol. The molecule has 0 unspecified atom stereocenters. The zero-order valence-corrected chi connectivity index (χ0v) is 13.4. The molecule has 0 aliphatic heterocycles. The van der Waals surface area contributed by atoms with Crippen molar-refractivity contribution in [2.24, 2.45) is 7.05 Å². The van der Waals surface area contributed by atoms with Gasteiger partial charge in [-0.2, -0.15) is 5.10 Å². The summed E-state index contributed by atoms with van der Waals surface area (Å²) in [6, 6.07) is 5.75. The normalized spacial score (nSPS) is 10.9. The lowest BCUT2D eigenvalue weighted by molar-refractivity contribution is 0.102. The predicted octanol–water partition coefficient (Wildman–Crippen LogP) is 2.99. The van der Waals surface area contributed by atoms with Gasteiger partial charge < -0.3 is 4.74 Å². The van der Waals surface area contributed by atoms with Crippen LogP contribution in [0.15, 0.2) is 24.4 Å². The molecule has 6 nitrogen and oxygen atoms in total. The first-order valence-electron chi connectivity index (χ1n) is 6.92. The molecule has 1 aromatic carbocycles. The lowest BCUT2D eigenvalue weighted by Gasteiger charge is -2.02. The van der Waals surface area contributed by atoms with E-state index in [1.54, 1.807) is 17.9 Å². The van der Waals surface area contributed by atoms with E-state index in [0.29, 0.717) is 17.4 Å². The van der Waals surface area contributed by atoms with Gasteiger partial charge in [-0.1, -0.05) is 17.4 Å². The fraction of sp³-hybridized carbons (Fsp3) is 0.267. The van der Waals surface area contributed by atoms with Crippen LogP contribution in [0.3, 0.4) is 0 Å². The first-order valence-corrected chi connectivity index (χ1v) is 7.74. The Kier molecular flexibility index (Phi) is 3.81. The third kappa shape index (κ3) is 2.67. The molecule has 114 valence electrons. The average Bonchev–Trinajstić information content (AvgIpc) is 3.02. The van der Waals surface area contributed by atoms with Crippen molar-refractivity contribution in [2.75, 3.05) is 11.9 Å². The van der Waals surface area contributed by atoms with Crippen molar-refractivity contribution in [3.05, 3.63) is 35.7 Å². The van der Waals surface area contributed by atoms with Crippen molar-refractivity contribution in [2.45, 2.75) is 13.8 Å². The predicted molar refractivity (Wildman–Crippen MR) is 86.7 cm³/mol. The van der Waals surface area contributed by atoms with Crippen LogP contribution in [0.1, 0.15) is 23.0 Å². The highest BCUT2D eigenvalue weighted by Gasteiger charge is 2.16. The summed E-state index contributed by atoms with van der Waals surface area (Å²) in [6.45, 7) is 4.36. The van der Waals surface area contributed by atoms with Crippen LogP contribution in [0.2, 0.25) is 0 Å². The molecule has 1 N–H and O–H groups in total. The smallest absolute Gasteiger partial charge is 0.278 e. The monoisotopic (exact) mass is 316 g/mol. The maximum atomic E-state index is 12.3. The van der Waals surface area contributed by atoms with Crippen molar-refractivity contribution in [3.8, 4) is 5.75 Å². The summed E-state index contributed by atoms with van der Waals surface area (Å²) in [6.07, 6.45) is 1.81. The Hall–Kier alpha value is -2.41. The SMILES string of the molecule is CCOc1cccc2sc(NC(=O)c3nn(C)cc3C)nc12. The van der Waals surface area contributed by atoms with Crippen LogP contribution >= 0.6 is 11.3 Å². The van der Waals surface area contributed by atoms with Gasteiger partial charge in [0.05, 0.1) is 11.3 Å². The molecule has 1 amide bonds. The second-order valence-corrected chi connectivity index (χ2v) is 5.87. The molecule has 0 atom stereocenters. The van der Waals surface area contributed by atoms with Crippen LogP contribution in [0.25, 0.3) is 10.2 Å². The highest BCUT2D eigenvalue weighted by molar-refractivity contribution is 7.22. The number of para-hydroxylation sites is 1. The summed E-state index contributed by atoms with van der Waals surface area (Å²) in [5, 5.41) is 7.51. The number of carbonyl (C=O) groups is 1. The molecule has 0 saturated carbocycles. The van der Waals surface area contributed by atoms with Gasteiger partial charge in [0.15, 0.2) is 10.8 Å². The number of ether oxygens (including phenoxy) is 1. The van der Waals surface area contributed by atoms with E-state index in [9.17, 15) is 4.79 Å². The van der Waals surface area contributed by atoms with Crippen molar-refractivity contribution in [1.29, 1.82) is 0 Å². The molecule has 3 aromatic rings. The number of anilines is 1. The first kappa shape index (κ1) is 14.5. The second kappa shape index (κ2) is 5.76. The van der Waals surface area contributed by atoms with Crippen molar-refractivity contribution in [1.82, 2.24) is 14.8 Å².